The van der Waals surface area contributed by atoms with Gasteiger partial charge in [0.25, 0.3) is 5.91 Å². The van der Waals surface area contributed by atoms with Gasteiger partial charge < -0.3 is 15.2 Å². The van der Waals surface area contributed by atoms with Crippen molar-refractivity contribution in [3.63, 3.8) is 0 Å². The Morgan fingerprint density at radius 3 is 2.55 bits per heavy atom. The van der Waals surface area contributed by atoms with Crippen molar-refractivity contribution in [1.29, 1.82) is 0 Å². The molecule has 5 nitrogen and oxygen atoms in total. The number of terminal acetylenes is 1. The van der Waals surface area contributed by atoms with Crippen molar-refractivity contribution in [1.82, 2.24) is 5.32 Å². The highest BCUT2D eigenvalue weighted by atomic mass is 16.5. The van der Waals surface area contributed by atoms with Crippen LogP contribution in [0.4, 0.5) is 0 Å². The van der Waals surface area contributed by atoms with Gasteiger partial charge >= 0.3 is 5.97 Å². The van der Waals surface area contributed by atoms with E-state index in [1.807, 2.05) is 6.07 Å². The number of aliphatic carboxylic acids is 1. The Bertz CT molecular complexity index is 492. The topological polar surface area (TPSA) is 75.6 Å². The quantitative estimate of drug-likeness (QED) is 0.738. The fourth-order valence-electron chi connectivity index (χ4n) is 1.57. The first-order valence-corrected chi connectivity index (χ1v) is 6.26. The van der Waals surface area contributed by atoms with E-state index in [-0.39, 0.29) is 6.42 Å². The average Bonchev–Trinajstić information content (AvgIpc) is 2.45. The largest absolute Gasteiger partial charge is 0.481 e. The van der Waals surface area contributed by atoms with Gasteiger partial charge in [0.15, 0.2) is 6.10 Å². The second-order valence-electron chi connectivity index (χ2n) is 4.14. The molecule has 0 aliphatic heterocycles. The molecule has 1 aromatic carbocycles. The summed E-state index contributed by atoms with van der Waals surface area (Å²) in [6.07, 6.45) is 4.68. The second-order valence-corrected chi connectivity index (χ2v) is 4.14. The number of ether oxygens (including phenoxy) is 1. The summed E-state index contributed by atoms with van der Waals surface area (Å²) >= 11 is 0. The molecule has 0 heterocycles. The molecule has 2 atom stereocenters. The summed E-state index contributed by atoms with van der Waals surface area (Å²) in [6.45, 7) is 1.78. The molecule has 0 saturated carbocycles. The molecule has 0 aromatic heterocycles. The van der Waals surface area contributed by atoms with Crippen LogP contribution < -0.4 is 10.1 Å². The fraction of sp³-hybridized carbons (Fsp3) is 0.333. The van der Waals surface area contributed by atoms with Gasteiger partial charge in [0.1, 0.15) is 11.8 Å². The average molecular weight is 275 g/mol. The van der Waals surface area contributed by atoms with Gasteiger partial charge in [-0.05, 0) is 18.6 Å². The van der Waals surface area contributed by atoms with E-state index in [9.17, 15) is 9.59 Å². The summed E-state index contributed by atoms with van der Waals surface area (Å²) in [5.41, 5.74) is 0. The van der Waals surface area contributed by atoms with E-state index in [0.717, 1.165) is 0 Å². The Balaban J connectivity index is 2.67. The molecule has 20 heavy (non-hydrogen) atoms. The van der Waals surface area contributed by atoms with Crippen LogP contribution in [-0.2, 0) is 9.59 Å². The molecule has 5 heteroatoms. The number of benzene rings is 1. The van der Waals surface area contributed by atoms with Crippen LogP contribution >= 0.6 is 0 Å². The van der Waals surface area contributed by atoms with E-state index in [4.69, 9.17) is 16.3 Å². The lowest BCUT2D eigenvalue weighted by atomic mass is 10.2. The van der Waals surface area contributed by atoms with Gasteiger partial charge in [-0.25, -0.2) is 4.79 Å². The number of para-hydroxylation sites is 1. The van der Waals surface area contributed by atoms with Crippen molar-refractivity contribution in [3.8, 4) is 18.1 Å². The minimum atomic E-state index is -1.16. The second kappa shape index (κ2) is 7.85. The molecule has 0 radical (unpaired) electrons. The highest BCUT2D eigenvalue weighted by Crippen LogP contribution is 2.12. The van der Waals surface area contributed by atoms with Crippen LogP contribution in [0, 0.1) is 12.3 Å². The predicted molar refractivity (Wildman–Crippen MR) is 74.2 cm³/mol. The Kier molecular flexibility index (Phi) is 6.11. The zero-order valence-corrected chi connectivity index (χ0v) is 11.2. The summed E-state index contributed by atoms with van der Waals surface area (Å²) in [7, 11) is 0. The number of carbonyl (C=O) groups is 2. The molecule has 1 aromatic rings. The lowest BCUT2D eigenvalue weighted by Crippen LogP contribution is -2.46. The van der Waals surface area contributed by atoms with Crippen LogP contribution in [0.1, 0.15) is 19.8 Å². The van der Waals surface area contributed by atoms with Gasteiger partial charge in [-0.2, -0.15) is 0 Å². The van der Waals surface area contributed by atoms with Crippen LogP contribution in [0.3, 0.4) is 0 Å². The number of amides is 1. The van der Waals surface area contributed by atoms with Gasteiger partial charge in [-0.15, -0.1) is 12.3 Å². The third-order valence-electron chi connectivity index (χ3n) is 2.62. The maximum Gasteiger partial charge on any atom is 0.327 e. The lowest BCUT2D eigenvalue weighted by Gasteiger charge is -2.19. The van der Waals surface area contributed by atoms with Crippen molar-refractivity contribution in [2.24, 2.45) is 0 Å². The molecular formula is C15H17NO4. The number of rotatable bonds is 7. The number of carboxylic acid groups (broad SMARTS) is 1. The molecule has 2 unspecified atom stereocenters. The Morgan fingerprint density at radius 1 is 1.40 bits per heavy atom. The van der Waals surface area contributed by atoms with Crippen LogP contribution in [0.5, 0.6) is 5.75 Å². The smallest absolute Gasteiger partial charge is 0.327 e. The standard InChI is InChI=1S/C15H17NO4/c1-3-8-12(15(18)19)16-14(17)13(4-2)20-11-9-6-5-7-10-11/h1,5-7,9-10,12-13H,4,8H2,2H3,(H,16,17)(H,18,19). The van der Waals surface area contributed by atoms with Crippen LogP contribution in [0.25, 0.3) is 0 Å². The number of carbonyl (C=O) groups excluding carboxylic acids is 1. The summed E-state index contributed by atoms with van der Waals surface area (Å²) in [5, 5.41) is 11.3. The SMILES string of the molecule is C#CCC(NC(=O)C(CC)Oc1ccccc1)C(=O)O. The zero-order chi connectivity index (χ0) is 15.0. The van der Waals surface area contributed by atoms with Gasteiger partial charge in [0, 0.05) is 6.42 Å². The van der Waals surface area contributed by atoms with Crippen LogP contribution in [0.2, 0.25) is 0 Å². The molecule has 2 N–H and O–H groups in total. The number of hydrogen-bond acceptors (Lipinski definition) is 3. The monoisotopic (exact) mass is 275 g/mol. The summed E-state index contributed by atoms with van der Waals surface area (Å²) in [4.78, 5) is 22.9. The summed E-state index contributed by atoms with van der Waals surface area (Å²) in [6, 6.07) is 7.77. The molecule has 0 bridgehead atoms. The van der Waals surface area contributed by atoms with Gasteiger partial charge in [0.2, 0.25) is 0 Å². The summed E-state index contributed by atoms with van der Waals surface area (Å²) < 4.78 is 5.53. The number of nitrogens with one attached hydrogen (secondary N) is 1. The number of carboxylic acids is 1. The molecule has 0 fully saturated rings. The summed E-state index contributed by atoms with van der Waals surface area (Å²) in [5.74, 6) is 1.13. The van der Waals surface area contributed by atoms with Gasteiger partial charge in [-0.3, -0.25) is 4.79 Å². The van der Waals surface area contributed by atoms with E-state index in [1.54, 1.807) is 31.2 Å². The van der Waals surface area contributed by atoms with E-state index < -0.39 is 24.0 Å². The zero-order valence-electron chi connectivity index (χ0n) is 11.2. The van der Waals surface area contributed by atoms with Crippen LogP contribution in [-0.4, -0.2) is 29.1 Å². The van der Waals surface area contributed by atoms with E-state index >= 15 is 0 Å². The van der Waals surface area contributed by atoms with Crippen LogP contribution in [0.15, 0.2) is 30.3 Å². The Morgan fingerprint density at radius 2 is 2.05 bits per heavy atom. The van der Waals surface area contributed by atoms with Crippen molar-refractivity contribution in [2.45, 2.75) is 31.9 Å². The third kappa shape index (κ3) is 4.65. The van der Waals surface area contributed by atoms with E-state index in [1.165, 1.54) is 0 Å². The lowest BCUT2D eigenvalue weighted by molar-refractivity contribution is -0.142. The molecular weight excluding hydrogens is 258 g/mol. The maximum atomic E-state index is 12.0. The Hall–Kier alpha value is -2.48. The third-order valence-corrected chi connectivity index (χ3v) is 2.62. The van der Waals surface area contributed by atoms with E-state index in [2.05, 4.69) is 11.2 Å². The number of hydrogen-bond donors (Lipinski definition) is 2. The molecule has 0 saturated heterocycles. The van der Waals surface area contributed by atoms with E-state index in [0.29, 0.717) is 12.2 Å². The molecule has 1 amide bonds. The molecule has 0 aliphatic carbocycles. The minimum Gasteiger partial charge on any atom is -0.481 e. The normalized spacial score (nSPS) is 12.8. The van der Waals surface area contributed by atoms with Gasteiger partial charge in [-0.1, -0.05) is 25.1 Å². The van der Waals surface area contributed by atoms with Gasteiger partial charge in [0.05, 0.1) is 0 Å². The predicted octanol–water partition coefficient (Wildman–Crippen LogP) is 1.44. The Labute approximate surface area is 117 Å². The first-order chi connectivity index (χ1) is 9.58. The maximum absolute atomic E-state index is 12.0. The highest BCUT2D eigenvalue weighted by Gasteiger charge is 2.24. The fourth-order valence-corrected chi connectivity index (χ4v) is 1.57. The van der Waals surface area contributed by atoms with Crippen molar-refractivity contribution in [2.75, 3.05) is 0 Å². The molecule has 106 valence electrons. The highest BCUT2D eigenvalue weighted by molar-refractivity contribution is 5.86. The van der Waals surface area contributed by atoms with Crippen molar-refractivity contribution >= 4 is 11.9 Å². The van der Waals surface area contributed by atoms with Crippen molar-refractivity contribution < 1.29 is 19.4 Å². The first kappa shape index (κ1) is 15.6. The van der Waals surface area contributed by atoms with Crippen molar-refractivity contribution in [3.05, 3.63) is 30.3 Å². The molecule has 0 aliphatic rings. The molecule has 0 spiro atoms. The minimum absolute atomic E-state index is 0.0666. The first-order valence-electron chi connectivity index (χ1n) is 6.26. The molecule has 1 rings (SSSR count).